The zero-order valence-corrected chi connectivity index (χ0v) is 14.2. The first-order valence-electron chi connectivity index (χ1n) is 7.06. The topological polar surface area (TPSA) is 108 Å². The summed E-state index contributed by atoms with van der Waals surface area (Å²) in [4.78, 5) is 12.7. The maximum absolute atomic E-state index is 12.7. The Labute approximate surface area is 141 Å². The SMILES string of the molecule is COCc1nnc(NC(=O)c2ccc(C)c(C)c2-n2cnnn2)s1. The number of carbonyl (C=O) groups excluding carboxylic acids is 1. The molecule has 0 aliphatic rings. The molecular formula is C14H15N7O2S. The maximum Gasteiger partial charge on any atom is 0.259 e. The summed E-state index contributed by atoms with van der Waals surface area (Å²) in [5.74, 6) is -0.302. The van der Waals surface area contributed by atoms with E-state index in [2.05, 4.69) is 31.0 Å². The first kappa shape index (κ1) is 16.1. The van der Waals surface area contributed by atoms with Crippen LogP contribution < -0.4 is 5.32 Å². The molecule has 124 valence electrons. The fourth-order valence-electron chi connectivity index (χ4n) is 2.19. The maximum atomic E-state index is 12.7. The van der Waals surface area contributed by atoms with Crippen LogP contribution in [0.2, 0.25) is 0 Å². The smallest absolute Gasteiger partial charge is 0.259 e. The van der Waals surface area contributed by atoms with Crippen molar-refractivity contribution in [1.82, 2.24) is 30.4 Å². The van der Waals surface area contributed by atoms with Gasteiger partial charge in [0.2, 0.25) is 5.13 Å². The number of methoxy groups -OCH3 is 1. The molecule has 0 atom stereocenters. The van der Waals surface area contributed by atoms with Gasteiger partial charge in [-0.25, -0.2) is 0 Å². The molecule has 0 spiro atoms. The number of aryl methyl sites for hydroxylation is 1. The van der Waals surface area contributed by atoms with E-state index in [4.69, 9.17) is 4.74 Å². The van der Waals surface area contributed by atoms with E-state index >= 15 is 0 Å². The molecule has 0 aliphatic carbocycles. The molecule has 1 amide bonds. The minimum atomic E-state index is -0.302. The third kappa shape index (κ3) is 3.14. The number of hydrogen-bond donors (Lipinski definition) is 1. The molecule has 0 saturated heterocycles. The number of hydrogen-bond acceptors (Lipinski definition) is 8. The summed E-state index contributed by atoms with van der Waals surface area (Å²) in [6, 6.07) is 3.63. The number of nitrogens with one attached hydrogen (secondary N) is 1. The van der Waals surface area contributed by atoms with Gasteiger partial charge in [0.25, 0.3) is 5.91 Å². The number of ether oxygens (including phenoxy) is 1. The normalized spacial score (nSPS) is 10.8. The lowest BCUT2D eigenvalue weighted by Crippen LogP contribution is -2.16. The van der Waals surface area contributed by atoms with Crippen molar-refractivity contribution in [3.63, 3.8) is 0 Å². The predicted octanol–water partition coefficient (Wildman–Crippen LogP) is 1.53. The molecule has 24 heavy (non-hydrogen) atoms. The van der Waals surface area contributed by atoms with E-state index in [1.54, 1.807) is 13.2 Å². The van der Waals surface area contributed by atoms with Gasteiger partial charge in [0.1, 0.15) is 17.9 Å². The van der Waals surface area contributed by atoms with E-state index in [9.17, 15) is 4.79 Å². The van der Waals surface area contributed by atoms with Crippen molar-refractivity contribution in [1.29, 1.82) is 0 Å². The average molecular weight is 345 g/mol. The third-order valence-corrected chi connectivity index (χ3v) is 4.29. The summed E-state index contributed by atoms with van der Waals surface area (Å²) < 4.78 is 6.48. The number of tetrazole rings is 1. The van der Waals surface area contributed by atoms with Gasteiger partial charge in [0.15, 0.2) is 0 Å². The first-order valence-corrected chi connectivity index (χ1v) is 7.88. The standard InChI is InChI=1S/C14H15N7O2S/c1-8-4-5-10(12(9(8)2)21-7-15-19-20-21)13(22)16-14-18-17-11(24-14)6-23-3/h4-5,7H,6H2,1-3H3,(H,16,18,22). The van der Waals surface area contributed by atoms with Crippen molar-refractivity contribution in [3.8, 4) is 5.69 Å². The van der Waals surface area contributed by atoms with Crippen LogP contribution in [0.25, 0.3) is 5.69 Å². The Hall–Kier alpha value is -2.72. The highest BCUT2D eigenvalue weighted by molar-refractivity contribution is 7.15. The van der Waals surface area contributed by atoms with Crippen LogP contribution in [0.4, 0.5) is 5.13 Å². The van der Waals surface area contributed by atoms with Crippen LogP contribution in [0.5, 0.6) is 0 Å². The fraction of sp³-hybridized carbons (Fsp3) is 0.286. The van der Waals surface area contributed by atoms with Crippen molar-refractivity contribution in [2.75, 3.05) is 12.4 Å². The second-order valence-electron chi connectivity index (χ2n) is 5.05. The van der Waals surface area contributed by atoms with Crippen LogP contribution in [0.1, 0.15) is 26.5 Å². The van der Waals surface area contributed by atoms with Crippen LogP contribution in [0, 0.1) is 13.8 Å². The van der Waals surface area contributed by atoms with E-state index in [-0.39, 0.29) is 5.91 Å². The Bertz CT molecular complexity index is 860. The van der Waals surface area contributed by atoms with Gasteiger partial charge in [-0.2, -0.15) is 4.68 Å². The van der Waals surface area contributed by atoms with Crippen LogP contribution in [0.15, 0.2) is 18.5 Å². The van der Waals surface area contributed by atoms with Gasteiger partial charge < -0.3 is 4.74 Å². The molecule has 3 aromatic rings. The molecular weight excluding hydrogens is 330 g/mol. The van der Waals surface area contributed by atoms with E-state index in [1.165, 1.54) is 22.3 Å². The molecule has 1 N–H and O–H groups in total. The van der Waals surface area contributed by atoms with Crippen molar-refractivity contribution >= 4 is 22.4 Å². The zero-order valence-electron chi connectivity index (χ0n) is 13.3. The van der Waals surface area contributed by atoms with E-state index in [1.807, 2.05) is 19.9 Å². The van der Waals surface area contributed by atoms with Crippen molar-refractivity contribution in [3.05, 3.63) is 40.2 Å². The second kappa shape index (κ2) is 6.81. The van der Waals surface area contributed by atoms with E-state index in [0.717, 1.165) is 11.1 Å². The van der Waals surface area contributed by atoms with Gasteiger partial charge in [-0.1, -0.05) is 17.4 Å². The van der Waals surface area contributed by atoms with Gasteiger partial charge in [0.05, 0.1) is 11.3 Å². The van der Waals surface area contributed by atoms with Gasteiger partial charge in [-0.15, -0.1) is 15.3 Å². The van der Waals surface area contributed by atoms with Crippen LogP contribution in [0.3, 0.4) is 0 Å². The Kier molecular flexibility index (Phi) is 4.58. The molecule has 2 heterocycles. The lowest BCUT2D eigenvalue weighted by molar-refractivity contribution is 0.102. The monoisotopic (exact) mass is 345 g/mol. The summed E-state index contributed by atoms with van der Waals surface area (Å²) in [6.45, 7) is 4.24. The third-order valence-electron chi connectivity index (χ3n) is 3.48. The minimum Gasteiger partial charge on any atom is -0.377 e. The number of rotatable bonds is 5. The highest BCUT2D eigenvalue weighted by Gasteiger charge is 2.19. The Morgan fingerprint density at radius 2 is 2.17 bits per heavy atom. The predicted molar refractivity (Wildman–Crippen MR) is 87.2 cm³/mol. The molecule has 0 unspecified atom stereocenters. The van der Waals surface area contributed by atoms with E-state index < -0.39 is 0 Å². The number of aromatic nitrogens is 6. The molecule has 3 rings (SSSR count). The molecule has 10 heteroatoms. The van der Waals surface area contributed by atoms with Crippen molar-refractivity contribution in [2.45, 2.75) is 20.5 Å². The van der Waals surface area contributed by atoms with Gasteiger partial charge in [-0.05, 0) is 41.5 Å². The molecule has 0 saturated carbocycles. The number of nitrogens with zero attached hydrogens (tertiary/aromatic N) is 6. The largest absolute Gasteiger partial charge is 0.377 e. The van der Waals surface area contributed by atoms with Crippen LogP contribution in [-0.2, 0) is 11.3 Å². The van der Waals surface area contributed by atoms with Gasteiger partial charge in [-0.3, -0.25) is 10.1 Å². The molecule has 0 fully saturated rings. The molecule has 0 bridgehead atoms. The Morgan fingerprint density at radius 3 is 2.88 bits per heavy atom. The quantitative estimate of drug-likeness (QED) is 0.747. The zero-order chi connectivity index (χ0) is 17.1. The van der Waals surface area contributed by atoms with Gasteiger partial charge >= 0.3 is 0 Å². The van der Waals surface area contributed by atoms with Crippen LogP contribution in [-0.4, -0.2) is 43.4 Å². The molecule has 0 radical (unpaired) electrons. The lowest BCUT2D eigenvalue weighted by Gasteiger charge is -2.13. The van der Waals surface area contributed by atoms with E-state index in [0.29, 0.717) is 28.0 Å². The summed E-state index contributed by atoms with van der Waals surface area (Å²) in [5.41, 5.74) is 3.05. The van der Waals surface area contributed by atoms with Gasteiger partial charge in [0, 0.05) is 7.11 Å². The minimum absolute atomic E-state index is 0.302. The summed E-state index contributed by atoms with van der Waals surface area (Å²) >= 11 is 1.26. The lowest BCUT2D eigenvalue weighted by atomic mass is 10.0. The number of amides is 1. The molecule has 9 nitrogen and oxygen atoms in total. The number of anilines is 1. The Morgan fingerprint density at radius 1 is 1.33 bits per heavy atom. The Balaban J connectivity index is 1.93. The average Bonchev–Trinajstić information content (AvgIpc) is 3.22. The summed E-state index contributed by atoms with van der Waals surface area (Å²) in [6.07, 6.45) is 1.46. The van der Waals surface area contributed by atoms with Crippen LogP contribution >= 0.6 is 11.3 Å². The first-order chi connectivity index (χ1) is 11.6. The number of carbonyl (C=O) groups is 1. The van der Waals surface area contributed by atoms with Crippen molar-refractivity contribution in [2.24, 2.45) is 0 Å². The summed E-state index contributed by atoms with van der Waals surface area (Å²) in [7, 11) is 1.58. The molecule has 2 aromatic heterocycles. The highest BCUT2D eigenvalue weighted by Crippen LogP contribution is 2.23. The highest BCUT2D eigenvalue weighted by atomic mass is 32.1. The fourth-order valence-corrected chi connectivity index (χ4v) is 2.90. The van der Waals surface area contributed by atoms with Crippen molar-refractivity contribution < 1.29 is 9.53 Å². The number of benzene rings is 1. The second-order valence-corrected chi connectivity index (χ2v) is 6.11. The molecule has 1 aromatic carbocycles. The molecule has 0 aliphatic heterocycles. The summed E-state index contributed by atoms with van der Waals surface area (Å²) in [5, 5.41) is 22.9.